The van der Waals surface area contributed by atoms with Crippen LogP contribution in [0.15, 0.2) is 82.6 Å². The number of aryl methyl sites for hydroxylation is 1. The molecular formula is C33H31FN4O4S2. The largest absolute Gasteiger partial charge is 0.372 e. The van der Waals surface area contributed by atoms with Gasteiger partial charge >= 0.3 is 4.87 Å². The van der Waals surface area contributed by atoms with E-state index < -0.39 is 28.8 Å². The van der Waals surface area contributed by atoms with Gasteiger partial charge in [-0.2, -0.15) is 0 Å². The van der Waals surface area contributed by atoms with Crippen LogP contribution >= 0.6 is 23.1 Å². The zero-order chi connectivity index (χ0) is 31.1. The molecule has 3 atom stereocenters. The predicted molar refractivity (Wildman–Crippen MR) is 172 cm³/mol. The summed E-state index contributed by atoms with van der Waals surface area (Å²) in [6.45, 7) is 7.50. The zero-order valence-corrected chi connectivity index (χ0v) is 26.1. The number of benzene rings is 3. The van der Waals surface area contributed by atoms with Crippen molar-refractivity contribution < 1.29 is 18.8 Å². The fraction of sp³-hybridized carbons (Fsp3) is 0.273. The first-order valence-corrected chi connectivity index (χ1v) is 16.1. The van der Waals surface area contributed by atoms with E-state index >= 15 is 0 Å². The molecule has 2 aliphatic heterocycles. The van der Waals surface area contributed by atoms with Crippen LogP contribution < -0.4 is 20.0 Å². The number of thioether (sulfide) groups is 1. The maximum absolute atomic E-state index is 14.1. The van der Waals surface area contributed by atoms with Crippen molar-refractivity contribution in [2.75, 3.05) is 28.2 Å². The topological polar surface area (TPSA) is 91.7 Å². The molecule has 8 nitrogen and oxygen atoms in total. The van der Waals surface area contributed by atoms with Crippen LogP contribution in [0.2, 0.25) is 0 Å². The molecule has 0 bridgehead atoms. The van der Waals surface area contributed by atoms with Gasteiger partial charge in [0.2, 0.25) is 17.7 Å². The van der Waals surface area contributed by atoms with Crippen molar-refractivity contribution in [3.63, 3.8) is 0 Å². The van der Waals surface area contributed by atoms with Gasteiger partial charge in [0.1, 0.15) is 17.6 Å². The highest BCUT2D eigenvalue weighted by molar-refractivity contribution is 8.00. The number of anilines is 3. The van der Waals surface area contributed by atoms with Crippen LogP contribution in [0.3, 0.4) is 0 Å². The van der Waals surface area contributed by atoms with Crippen molar-refractivity contribution in [3.8, 4) is 0 Å². The molecule has 6 rings (SSSR count). The Hall–Kier alpha value is -4.22. The molecule has 3 unspecified atom stereocenters. The number of fused-ring (bicyclic) bond motifs is 2. The van der Waals surface area contributed by atoms with E-state index in [2.05, 4.69) is 24.1 Å². The molecule has 3 amide bonds. The van der Waals surface area contributed by atoms with Crippen LogP contribution in [0.1, 0.15) is 35.8 Å². The van der Waals surface area contributed by atoms with Gasteiger partial charge in [-0.05, 0) is 74.9 Å². The summed E-state index contributed by atoms with van der Waals surface area (Å²) in [4.78, 5) is 58.2. The summed E-state index contributed by atoms with van der Waals surface area (Å²) >= 11 is 2.18. The predicted octanol–water partition coefficient (Wildman–Crippen LogP) is 5.64. The van der Waals surface area contributed by atoms with E-state index in [4.69, 9.17) is 0 Å². The minimum Gasteiger partial charge on any atom is -0.372 e. The van der Waals surface area contributed by atoms with Gasteiger partial charge in [0, 0.05) is 35.3 Å². The zero-order valence-electron chi connectivity index (χ0n) is 24.5. The summed E-state index contributed by atoms with van der Waals surface area (Å²) in [6, 6.07) is 20.6. The number of nitrogens with one attached hydrogen (secondary N) is 1. The van der Waals surface area contributed by atoms with Gasteiger partial charge in [-0.1, -0.05) is 52.9 Å². The first-order chi connectivity index (χ1) is 21.2. The Labute approximate surface area is 262 Å². The van der Waals surface area contributed by atoms with Crippen molar-refractivity contribution >= 4 is 57.9 Å². The second-order valence-electron chi connectivity index (χ2n) is 10.8. The van der Waals surface area contributed by atoms with E-state index in [-0.39, 0.29) is 23.2 Å². The fourth-order valence-electron chi connectivity index (χ4n) is 5.92. The summed E-state index contributed by atoms with van der Waals surface area (Å²) in [7, 11) is 0. The molecule has 44 heavy (non-hydrogen) atoms. The Bertz CT molecular complexity index is 1780. The number of carbonyl (C=O) groups excluding carboxylic acids is 3. The number of hydrogen-bond donors (Lipinski definition) is 1. The van der Waals surface area contributed by atoms with Gasteiger partial charge in [-0.3, -0.25) is 23.7 Å². The normalized spacial score (nSPS) is 19.1. The molecule has 1 fully saturated rings. The second-order valence-corrected chi connectivity index (χ2v) is 13.0. The number of rotatable bonds is 8. The van der Waals surface area contributed by atoms with Crippen LogP contribution in [0.5, 0.6) is 0 Å². The Morgan fingerprint density at radius 1 is 0.909 bits per heavy atom. The molecule has 11 heteroatoms. The number of halogens is 1. The molecule has 0 radical (unpaired) electrons. The molecule has 0 spiro atoms. The van der Waals surface area contributed by atoms with Gasteiger partial charge in [-0.25, -0.2) is 9.29 Å². The van der Waals surface area contributed by atoms with E-state index in [1.165, 1.54) is 45.5 Å². The van der Waals surface area contributed by atoms with Gasteiger partial charge < -0.3 is 10.2 Å². The first-order valence-electron chi connectivity index (χ1n) is 14.4. The molecule has 3 heterocycles. The molecule has 0 saturated carbocycles. The van der Waals surface area contributed by atoms with Crippen molar-refractivity contribution in [2.24, 2.45) is 5.92 Å². The summed E-state index contributed by atoms with van der Waals surface area (Å²) in [5.74, 6) is -2.80. The van der Waals surface area contributed by atoms with Crippen LogP contribution in [0, 0.1) is 18.7 Å². The Morgan fingerprint density at radius 2 is 1.57 bits per heavy atom. The third-order valence-corrected chi connectivity index (χ3v) is 10.8. The highest BCUT2D eigenvalue weighted by atomic mass is 32.2. The highest BCUT2D eigenvalue weighted by Crippen LogP contribution is 2.54. The number of thiazole rings is 1. The number of aromatic nitrogens is 1. The molecule has 0 aliphatic carbocycles. The Morgan fingerprint density at radius 3 is 2.20 bits per heavy atom. The average Bonchev–Trinajstić information content (AvgIpc) is 3.46. The second kappa shape index (κ2) is 12.0. The average molecular weight is 631 g/mol. The number of hydrogen-bond acceptors (Lipinski definition) is 7. The highest BCUT2D eigenvalue weighted by Gasteiger charge is 2.56. The SMILES string of the molecule is CCN(CC)c1ccc(C2c3sc(=O)n(CC(=O)Nc4ccc(F)cc4)c3SC3C(=O)N(c4ccc(C)cc4)C(=O)C32)cc1. The lowest BCUT2D eigenvalue weighted by molar-refractivity contribution is -0.122. The third-order valence-electron chi connectivity index (χ3n) is 8.15. The van der Waals surface area contributed by atoms with E-state index in [0.717, 1.165) is 41.2 Å². The first kappa shape index (κ1) is 29.8. The van der Waals surface area contributed by atoms with Crippen molar-refractivity contribution in [1.82, 2.24) is 4.57 Å². The molecule has 2 aliphatic rings. The van der Waals surface area contributed by atoms with Crippen molar-refractivity contribution in [1.29, 1.82) is 0 Å². The standard InChI is InChI=1S/C33H31FN4O4S2/c1-4-36(5-2)23-16-8-20(9-17-23)26-27-28(31(41)38(30(27)40)24-14-6-19(3)7-15-24)43-32-29(26)44-33(42)37(32)18-25(39)35-22-12-10-21(34)11-13-22/h6-17,26-28H,4-5,18H2,1-3H3,(H,35,39). The van der Waals surface area contributed by atoms with Crippen molar-refractivity contribution in [2.45, 2.75) is 43.5 Å². The quantitative estimate of drug-likeness (QED) is 0.254. The molecule has 1 aromatic heterocycles. The molecule has 226 valence electrons. The van der Waals surface area contributed by atoms with Crippen LogP contribution in [0.25, 0.3) is 0 Å². The lowest BCUT2D eigenvalue weighted by Crippen LogP contribution is -2.33. The van der Waals surface area contributed by atoms with Crippen LogP contribution in [-0.2, 0) is 20.9 Å². The van der Waals surface area contributed by atoms with Crippen LogP contribution in [0.4, 0.5) is 21.5 Å². The summed E-state index contributed by atoms with van der Waals surface area (Å²) in [5.41, 5.74) is 3.79. The Kier molecular flexibility index (Phi) is 8.17. The van der Waals surface area contributed by atoms with E-state index in [0.29, 0.717) is 21.3 Å². The number of carbonyl (C=O) groups is 3. The van der Waals surface area contributed by atoms with E-state index in [9.17, 15) is 23.6 Å². The molecule has 1 saturated heterocycles. The number of amides is 3. The Balaban J connectivity index is 1.41. The lowest BCUT2D eigenvalue weighted by atomic mass is 9.83. The number of nitrogens with zero attached hydrogens (tertiary/aromatic N) is 3. The van der Waals surface area contributed by atoms with Gasteiger partial charge in [0.15, 0.2) is 0 Å². The molecule has 1 N–H and O–H groups in total. The van der Waals surface area contributed by atoms with E-state index in [1.807, 2.05) is 43.3 Å². The lowest BCUT2D eigenvalue weighted by Gasteiger charge is -2.31. The molecule has 4 aromatic rings. The minimum atomic E-state index is -0.774. The monoisotopic (exact) mass is 630 g/mol. The van der Waals surface area contributed by atoms with E-state index in [1.54, 1.807) is 12.1 Å². The summed E-state index contributed by atoms with van der Waals surface area (Å²) in [5, 5.41) is 2.44. The maximum atomic E-state index is 14.1. The number of imide groups is 1. The van der Waals surface area contributed by atoms with Gasteiger partial charge in [0.25, 0.3) is 0 Å². The van der Waals surface area contributed by atoms with Crippen LogP contribution in [-0.4, -0.2) is 40.6 Å². The minimum absolute atomic E-state index is 0.288. The van der Waals surface area contributed by atoms with Crippen molar-refractivity contribution in [3.05, 3.63) is 104 Å². The maximum Gasteiger partial charge on any atom is 0.308 e. The molecular weight excluding hydrogens is 600 g/mol. The smallest absolute Gasteiger partial charge is 0.308 e. The van der Waals surface area contributed by atoms with Gasteiger partial charge in [0.05, 0.1) is 16.6 Å². The third kappa shape index (κ3) is 5.35. The summed E-state index contributed by atoms with van der Waals surface area (Å²) < 4.78 is 14.7. The van der Waals surface area contributed by atoms with Gasteiger partial charge in [-0.15, -0.1) is 0 Å². The summed E-state index contributed by atoms with van der Waals surface area (Å²) in [6.07, 6.45) is 0. The molecule has 3 aromatic carbocycles. The fourth-order valence-corrected chi connectivity index (χ4v) is 8.69.